The number of carbonyl (C=O) groups is 1. The Hall–Kier alpha value is -3.85. The second-order valence-corrected chi connectivity index (χ2v) is 9.60. The summed E-state index contributed by atoms with van der Waals surface area (Å²) in [6, 6.07) is 20.2. The summed E-state index contributed by atoms with van der Waals surface area (Å²) in [5, 5.41) is 3.97. The number of anilines is 1. The number of rotatable bonds is 11. The molecule has 0 radical (unpaired) electrons. The van der Waals surface area contributed by atoms with E-state index in [2.05, 4.69) is 10.5 Å². The number of methoxy groups -OCH3 is 1. The first kappa shape index (κ1) is 25.8. The van der Waals surface area contributed by atoms with Crippen molar-refractivity contribution in [3.05, 3.63) is 83.9 Å². The number of hydrogen-bond donors (Lipinski definition) is 1. The normalized spacial score (nSPS) is 11.3. The van der Waals surface area contributed by atoms with Gasteiger partial charge in [0.15, 0.2) is 0 Å². The molecule has 0 saturated carbocycles. The number of ether oxygens (including phenoxy) is 2. The molecule has 3 aromatic carbocycles. The van der Waals surface area contributed by atoms with Gasteiger partial charge in [-0.3, -0.25) is 9.10 Å². The van der Waals surface area contributed by atoms with Crippen molar-refractivity contribution in [1.82, 2.24) is 5.43 Å². The minimum absolute atomic E-state index is 0.0839. The molecular weight excluding hydrogens is 466 g/mol. The van der Waals surface area contributed by atoms with Gasteiger partial charge in [0.1, 0.15) is 18.0 Å². The van der Waals surface area contributed by atoms with Crippen molar-refractivity contribution in [2.24, 2.45) is 5.10 Å². The fourth-order valence-corrected chi connectivity index (χ4v) is 4.54. The number of hydrogen-bond acceptors (Lipinski definition) is 6. The molecule has 0 aliphatic carbocycles. The largest absolute Gasteiger partial charge is 0.497 e. The lowest BCUT2D eigenvalue weighted by molar-refractivity contribution is -0.119. The number of carbonyl (C=O) groups excluding carboxylic acids is 1. The molecule has 0 bridgehead atoms. The lowest BCUT2D eigenvalue weighted by Gasteiger charge is -2.24. The first-order valence-corrected chi connectivity index (χ1v) is 12.6. The van der Waals surface area contributed by atoms with Crippen LogP contribution in [0.3, 0.4) is 0 Å². The maximum Gasteiger partial charge on any atom is 0.264 e. The van der Waals surface area contributed by atoms with Crippen molar-refractivity contribution in [2.45, 2.75) is 25.2 Å². The van der Waals surface area contributed by atoms with Crippen LogP contribution in [0.5, 0.6) is 11.5 Å². The third kappa shape index (κ3) is 7.07. The quantitative estimate of drug-likeness (QED) is 0.319. The zero-order valence-electron chi connectivity index (χ0n) is 20.0. The van der Waals surface area contributed by atoms with Crippen LogP contribution in [0.2, 0.25) is 0 Å². The van der Waals surface area contributed by atoms with Crippen molar-refractivity contribution >= 4 is 27.8 Å². The van der Waals surface area contributed by atoms with Gasteiger partial charge >= 0.3 is 0 Å². The fourth-order valence-electron chi connectivity index (χ4n) is 3.12. The summed E-state index contributed by atoms with van der Waals surface area (Å²) in [6.07, 6.45) is 2.40. The monoisotopic (exact) mass is 495 g/mol. The molecule has 1 N–H and O–H groups in total. The molecule has 0 spiro atoms. The standard InChI is InChI=1S/C26H29N3O5S/c1-4-17-34-24-11-7-21(8-12-24)18-27-28-26(30)19-29(22-9-13-23(33-3)14-10-22)35(31,32)25-15-5-20(2)6-16-25/h5-16,18H,4,17,19H2,1-3H3,(H,28,30)/b27-18-. The predicted molar refractivity (Wildman–Crippen MR) is 137 cm³/mol. The molecule has 184 valence electrons. The summed E-state index contributed by atoms with van der Waals surface area (Å²) in [6.45, 7) is 4.09. The Kier molecular flexibility index (Phi) is 8.86. The number of sulfonamides is 1. The van der Waals surface area contributed by atoms with E-state index in [1.165, 1.54) is 25.5 Å². The number of hydrazone groups is 1. The molecule has 1 amide bonds. The van der Waals surface area contributed by atoms with E-state index >= 15 is 0 Å². The molecule has 3 rings (SSSR count). The SMILES string of the molecule is CCCOc1ccc(/C=N\NC(=O)CN(c2ccc(OC)cc2)S(=O)(=O)c2ccc(C)cc2)cc1. The zero-order valence-corrected chi connectivity index (χ0v) is 20.8. The van der Waals surface area contributed by atoms with Crippen LogP contribution in [0.15, 0.2) is 82.8 Å². The fraction of sp³-hybridized carbons (Fsp3) is 0.231. The van der Waals surface area contributed by atoms with Gasteiger partial charge in [0, 0.05) is 0 Å². The Bertz CT molecular complexity index is 1240. The summed E-state index contributed by atoms with van der Waals surface area (Å²) in [5.74, 6) is 0.738. The first-order valence-electron chi connectivity index (χ1n) is 11.1. The van der Waals surface area contributed by atoms with E-state index in [0.29, 0.717) is 18.0 Å². The van der Waals surface area contributed by atoms with E-state index in [1.807, 2.05) is 38.1 Å². The summed E-state index contributed by atoms with van der Waals surface area (Å²) in [4.78, 5) is 12.8. The molecule has 0 aromatic heterocycles. The van der Waals surface area contributed by atoms with Gasteiger partial charge in [-0.25, -0.2) is 13.8 Å². The van der Waals surface area contributed by atoms with Crippen LogP contribution in [0.4, 0.5) is 5.69 Å². The Morgan fingerprint density at radius 2 is 1.60 bits per heavy atom. The van der Waals surface area contributed by atoms with E-state index < -0.39 is 22.5 Å². The summed E-state index contributed by atoms with van der Waals surface area (Å²) >= 11 is 0. The smallest absolute Gasteiger partial charge is 0.264 e. The van der Waals surface area contributed by atoms with Crippen molar-refractivity contribution in [3.63, 3.8) is 0 Å². The van der Waals surface area contributed by atoms with Crippen LogP contribution < -0.4 is 19.2 Å². The van der Waals surface area contributed by atoms with Gasteiger partial charge in [-0.05, 0) is 79.6 Å². The third-order valence-corrected chi connectivity index (χ3v) is 6.80. The molecule has 0 saturated heterocycles. The van der Waals surface area contributed by atoms with E-state index in [9.17, 15) is 13.2 Å². The topological polar surface area (TPSA) is 97.3 Å². The highest BCUT2D eigenvalue weighted by Crippen LogP contribution is 2.26. The average Bonchev–Trinajstić information content (AvgIpc) is 2.87. The van der Waals surface area contributed by atoms with Gasteiger partial charge in [0.25, 0.3) is 15.9 Å². The molecule has 0 heterocycles. The predicted octanol–water partition coefficient (Wildman–Crippen LogP) is 4.14. The van der Waals surface area contributed by atoms with Crippen LogP contribution in [-0.4, -0.2) is 40.8 Å². The van der Waals surface area contributed by atoms with Crippen molar-refractivity contribution in [1.29, 1.82) is 0 Å². The Balaban J connectivity index is 1.76. The molecule has 8 nitrogen and oxygen atoms in total. The number of nitrogens with one attached hydrogen (secondary N) is 1. The molecule has 0 aliphatic rings. The maximum absolute atomic E-state index is 13.4. The average molecular weight is 496 g/mol. The zero-order chi connectivity index (χ0) is 25.3. The van der Waals surface area contributed by atoms with Crippen molar-refractivity contribution in [2.75, 3.05) is 24.6 Å². The molecule has 3 aromatic rings. The Labute approximate surface area is 206 Å². The van der Waals surface area contributed by atoms with Crippen LogP contribution >= 0.6 is 0 Å². The molecule has 35 heavy (non-hydrogen) atoms. The second kappa shape index (κ2) is 12.0. The highest BCUT2D eigenvalue weighted by atomic mass is 32.2. The van der Waals surface area contributed by atoms with Crippen LogP contribution in [0, 0.1) is 6.92 Å². The highest BCUT2D eigenvalue weighted by molar-refractivity contribution is 7.92. The Morgan fingerprint density at radius 3 is 2.20 bits per heavy atom. The van der Waals surface area contributed by atoms with E-state index in [1.54, 1.807) is 36.4 Å². The van der Waals surface area contributed by atoms with Crippen LogP contribution in [0.25, 0.3) is 0 Å². The maximum atomic E-state index is 13.4. The number of aryl methyl sites for hydroxylation is 1. The van der Waals surface area contributed by atoms with Crippen LogP contribution in [-0.2, 0) is 14.8 Å². The number of benzene rings is 3. The van der Waals surface area contributed by atoms with Gasteiger partial charge in [0.2, 0.25) is 0 Å². The second-order valence-electron chi connectivity index (χ2n) is 7.73. The van der Waals surface area contributed by atoms with Crippen molar-refractivity contribution in [3.8, 4) is 11.5 Å². The van der Waals surface area contributed by atoms with Crippen LogP contribution in [0.1, 0.15) is 24.5 Å². The molecular formula is C26H29N3O5S. The van der Waals surface area contributed by atoms with Gasteiger partial charge in [0.05, 0.1) is 30.5 Å². The van der Waals surface area contributed by atoms with E-state index in [0.717, 1.165) is 27.6 Å². The number of amides is 1. The number of nitrogens with zero attached hydrogens (tertiary/aromatic N) is 2. The Morgan fingerprint density at radius 1 is 0.971 bits per heavy atom. The lowest BCUT2D eigenvalue weighted by Crippen LogP contribution is -2.39. The molecule has 9 heteroatoms. The molecule has 0 unspecified atom stereocenters. The van der Waals surface area contributed by atoms with Crippen molar-refractivity contribution < 1.29 is 22.7 Å². The summed E-state index contributed by atoms with van der Waals surface area (Å²) in [7, 11) is -2.49. The molecule has 0 fully saturated rings. The molecule has 0 atom stereocenters. The van der Waals surface area contributed by atoms with Gasteiger partial charge in [-0.2, -0.15) is 5.10 Å². The highest BCUT2D eigenvalue weighted by Gasteiger charge is 2.27. The lowest BCUT2D eigenvalue weighted by atomic mass is 10.2. The van der Waals surface area contributed by atoms with Gasteiger partial charge in [-0.15, -0.1) is 0 Å². The third-order valence-electron chi connectivity index (χ3n) is 5.01. The molecule has 0 aliphatic heterocycles. The summed E-state index contributed by atoms with van der Waals surface area (Å²) in [5.41, 5.74) is 4.42. The van der Waals surface area contributed by atoms with E-state index in [-0.39, 0.29) is 4.90 Å². The van der Waals surface area contributed by atoms with Gasteiger partial charge in [-0.1, -0.05) is 24.6 Å². The minimum Gasteiger partial charge on any atom is -0.497 e. The summed E-state index contributed by atoms with van der Waals surface area (Å²) < 4.78 is 38.5. The van der Waals surface area contributed by atoms with Gasteiger partial charge < -0.3 is 9.47 Å². The minimum atomic E-state index is -4.01. The van der Waals surface area contributed by atoms with E-state index in [4.69, 9.17) is 9.47 Å². The first-order chi connectivity index (χ1) is 16.8.